The molecule has 0 saturated heterocycles. The standard InChI is InChI=1S/C15H23N3O/c1-15(8-3-2-4-9-15)17-11-12-6-5-7-13(10-12)14(16)18-19/h5-7,10,17,19H,2-4,8-9,11H2,1H3,(H2,16,18). The van der Waals surface area contributed by atoms with Crippen molar-refractivity contribution in [2.75, 3.05) is 0 Å². The van der Waals surface area contributed by atoms with Crippen LogP contribution in [0.3, 0.4) is 0 Å². The summed E-state index contributed by atoms with van der Waals surface area (Å²) in [6, 6.07) is 7.82. The van der Waals surface area contributed by atoms with Gasteiger partial charge < -0.3 is 16.3 Å². The highest BCUT2D eigenvalue weighted by Crippen LogP contribution is 2.27. The number of nitrogens with one attached hydrogen (secondary N) is 1. The number of hydrogen-bond acceptors (Lipinski definition) is 3. The third-order valence-electron chi connectivity index (χ3n) is 4.01. The second-order valence-electron chi connectivity index (χ2n) is 5.66. The van der Waals surface area contributed by atoms with Crippen LogP contribution in [0.4, 0.5) is 0 Å². The maximum absolute atomic E-state index is 8.70. The number of benzene rings is 1. The van der Waals surface area contributed by atoms with E-state index in [1.165, 1.54) is 32.1 Å². The number of rotatable bonds is 4. The molecule has 0 radical (unpaired) electrons. The normalized spacial score (nSPS) is 19.3. The number of amidine groups is 1. The van der Waals surface area contributed by atoms with Crippen LogP contribution in [0.1, 0.15) is 50.2 Å². The van der Waals surface area contributed by atoms with Crippen LogP contribution in [0, 0.1) is 0 Å². The van der Waals surface area contributed by atoms with E-state index in [4.69, 9.17) is 10.9 Å². The van der Waals surface area contributed by atoms with Crippen molar-refractivity contribution in [1.82, 2.24) is 5.32 Å². The van der Waals surface area contributed by atoms with Crippen LogP contribution < -0.4 is 11.1 Å². The van der Waals surface area contributed by atoms with Gasteiger partial charge in [0.15, 0.2) is 5.84 Å². The van der Waals surface area contributed by atoms with E-state index in [9.17, 15) is 0 Å². The molecule has 0 atom stereocenters. The first-order chi connectivity index (χ1) is 9.13. The Labute approximate surface area is 114 Å². The Morgan fingerprint density at radius 2 is 2.11 bits per heavy atom. The summed E-state index contributed by atoms with van der Waals surface area (Å²) < 4.78 is 0. The lowest BCUT2D eigenvalue weighted by Gasteiger charge is -2.35. The van der Waals surface area contributed by atoms with Gasteiger partial charge in [-0.1, -0.05) is 42.6 Å². The highest BCUT2D eigenvalue weighted by molar-refractivity contribution is 5.97. The fourth-order valence-electron chi connectivity index (χ4n) is 2.72. The van der Waals surface area contributed by atoms with E-state index in [0.717, 1.165) is 17.7 Å². The molecular formula is C15H23N3O. The first-order valence-electron chi connectivity index (χ1n) is 6.95. The summed E-state index contributed by atoms with van der Waals surface area (Å²) in [5, 5.41) is 15.4. The topological polar surface area (TPSA) is 70.6 Å². The van der Waals surface area contributed by atoms with Gasteiger partial charge >= 0.3 is 0 Å². The fraction of sp³-hybridized carbons (Fsp3) is 0.533. The zero-order valence-electron chi connectivity index (χ0n) is 11.5. The summed E-state index contributed by atoms with van der Waals surface area (Å²) in [6.45, 7) is 3.13. The minimum absolute atomic E-state index is 0.158. The molecule has 4 nitrogen and oxygen atoms in total. The van der Waals surface area contributed by atoms with Gasteiger partial charge in [0.25, 0.3) is 0 Å². The molecule has 104 valence electrons. The number of nitrogens with two attached hydrogens (primary N) is 1. The van der Waals surface area contributed by atoms with Gasteiger partial charge in [-0.15, -0.1) is 0 Å². The minimum Gasteiger partial charge on any atom is -0.409 e. The van der Waals surface area contributed by atoms with Gasteiger partial charge in [0.2, 0.25) is 0 Å². The molecule has 1 aliphatic rings. The molecule has 0 aromatic heterocycles. The van der Waals surface area contributed by atoms with Gasteiger partial charge in [0.05, 0.1) is 0 Å². The molecule has 0 bridgehead atoms. The van der Waals surface area contributed by atoms with Crippen LogP contribution in [0.2, 0.25) is 0 Å². The zero-order valence-corrected chi connectivity index (χ0v) is 11.5. The smallest absolute Gasteiger partial charge is 0.170 e. The van der Waals surface area contributed by atoms with Gasteiger partial charge in [-0.3, -0.25) is 0 Å². The van der Waals surface area contributed by atoms with Gasteiger partial charge in [0, 0.05) is 17.6 Å². The van der Waals surface area contributed by atoms with Crippen LogP contribution in [-0.2, 0) is 6.54 Å². The summed E-state index contributed by atoms with van der Waals surface area (Å²) in [7, 11) is 0. The van der Waals surface area contributed by atoms with Gasteiger partial charge in [-0.25, -0.2) is 0 Å². The third kappa shape index (κ3) is 3.70. The summed E-state index contributed by atoms with van der Waals surface area (Å²) >= 11 is 0. The summed E-state index contributed by atoms with van der Waals surface area (Å²) in [5.74, 6) is 0.158. The Morgan fingerprint density at radius 3 is 2.79 bits per heavy atom. The highest BCUT2D eigenvalue weighted by Gasteiger charge is 2.25. The summed E-state index contributed by atoms with van der Waals surface area (Å²) in [4.78, 5) is 0. The summed E-state index contributed by atoms with van der Waals surface area (Å²) in [5.41, 5.74) is 7.79. The molecule has 0 aliphatic heterocycles. The Bertz CT molecular complexity index is 450. The first-order valence-corrected chi connectivity index (χ1v) is 6.95. The molecule has 1 fully saturated rings. The predicted octanol–water partition coefficient (Wildman–Crippen LogP) is 2.59. The second-order valence-corrected chi connectivity index (χ2v) is 5.66. The third-order valence-corrected chi connectivity index (χ3v) is 4.01. The molecule has 4 heteroatoms. The lowest BCUT2D eigenvalue weighted by Crippen LogP contribution is -2.43. The number of oxime groups is 1. The molecule has 0 unspecified atom stereocenters. The van der Waals surface area contributed by atoms with Crippen LogP contribution in [0.25, 0.3) is 0 Å². The van der Waals surface area contributed by atoms with Crippen LogP contribution >= 0.6 is 0 Å². The van der Waals surface area contributed by atoms with Crippen LogP contribution in [0.5, 0.6) is 0 Å². The minimum atomic E-state index is 0.158. The fourth-order valence-corrected chi connectivity index (χ4v) is 2.72. The zero-order chi connectivity index (χ0) is 13.7. The lowest BCUT2D eigenvalue weighted by atomic mass is 9.83. The lowest BCUT2D eigenvalue weighted by molar-refractivity contribution is 0.252. The van der Waals surface area contributed by atoms with Gasteiger partial charge in [-0.2, -0.15) is 0 Å². The van der Waals surface area contributed by atoms with Crippen molar-refractivity contribution in [2.45, 2.75) is 51.1 Å². The average molecular weight is 261 g/mol. The molecule has 1 aromatic rings. The van der Waals surface area contributed by atoms with Gasteiger partial charge in [0.1, 0.15) is 0 Å². The Morgan fingerprint density at radius 1 is 1.37 bits per heavy atom. The molecule has 0 amide bonds. The average Bonchev–Trinajstić information content (AvgIpc) is 2.45. The molecule has 0 spiro atoms. The maximum atomic E-state index is 8.70. The quantitative estimate of drug-likeness (QED) is 0.338. The highest BCUT2D eigenvalue weighted by atomic mass is 16.4. The number of hydrogen-bond donors (Lipinski definition) is 3. The predicted molar refractivity (Wildman–Crippen MR) is 77.3 cm³/mol. The van der Waals surface area contributed by atoms with E-state index in [2.05, 4.69) is 23.5 Å². The van der Waals surface area contributed by atoms with E-state index in [1.54, 1.807) is 0 Å². The first kappa shape index (κ1) is 13.9. The molecule has 19 heavy (non-hydrogen) atoms. The molecule has 4 N–H and O–H groups in total. The summed E-state index contributed by atoms with van der Waals surface area (Å²) in [6.07, 6.45) is 6.47. The van der Waals surface area contributed by atoms with E-state index in [0.29, 0.717) is 0 Å². The van der Waals surface area contributed by atoms with Crippen molar-refractivity contribution in [2.24, 2.45) is 10.9 Å². The maximum Gasteiger partial charge on any atom is 0.170 e. The van der Waals surface area contributed by atoms with E-state index in [-0.39, 0.29) is 11.4 Å². The van der Waals surface area contributed by atoms with E-state index >= 15 is 0 Å². The second kappa shape index (κ2) is 6.06. The molecule has 2 rings (SSSR count). The van der Waals surface area contributed by atoms with Crippen molar-refractivity contribution in [3.8, 4) is 0 Å². The Hall–Kier alpha value is -1.55. The van der Waals surface area contributed by atoms with E-state index in [1.807, 2.05) is 18.2 Å². The Balaban J connectivity index is 1.99. The largest absolute Gasteiger partial charge is 0.409 e. The van der Waals surface area contributed by atoms with E-state index < -0.39 is 0 Å². The Kier molecular flexibility index (Phi) is 4.43. The van der Waals surface area contributed by atoms with Crippen LogP contribution in [-0.4, -0.2) is 16.6 Å². The van der Waals surface area contributed by atoms with Crippen molar-refractivity contribution in [3.63, 3.8) is 0 Å². The molecule has 1 aromatic carbocycles. The van der Waals surface area contributed by atoms with Crippen molar-refractivity contribution >= 4 is 5.84 Å². The monoisotopic (exact) mass is 261 g/mol. The van der Waals surface area contributed by atoms with Crippen molar-refractivity contribution in [3.05, 3.63) is 35.4 Å². The molecule has 1 aliphatic carbocycles. The molecule has 1 saturated carbocycles. The van der Waals surface area contributed by atoms with Crippen molar-refractivity contribution < 1.29 is 5.21 Å². The molecule has 0 heterocycles. The molecular weight excluding hydrogens is 238 g/mol. The number of nitrogens with zero attached hydrogens (tertiary/aromatic N) is 1. The van der Waals surface area contributed by atoms with Crippen LogP contribution in [0.15, 0.2) is 29.4 Å². The van der Waals surface area contributed by atoms with Crippen molar-refractivity contribution in [1.29, 1.82) is 0 Å². The SMILES string of the molecule is CC1(NCc2cccc(C(N)=NO)c2)CCCCC1. The van der Waals surface area contributed by atoms with Gasteiger partial charge in [-0.05, 0) is 31.4 Å².